The molecule has 0 bridgehead atoms. The van der Waals surface area contributed by atoms with Crippen molar-refractivity contribution in [1.29, 1.82) is 0 Å². The van der Waals surface area contributed by atoms with Crippen LogP contribution in [0.5, 0.6) is 5.75 Å². The largest absolute Gasteiger partial charge is 0.496 e. The van der Waals surface area contributed by atoms with E-state index in [-0.39, 0.29) is 0 Å². The van der Waals surface area contributed by atoms with Gasteiger partial charge in [0.2, 0.25) is 0 Å². The molecule has 0 aliphatic heterocycles. The summed E-state index contributed by atoms with van der Waals surface area (Å²) in [5.74, 6) is 0.736. The summed E-state index contributed by atoms with van der Waals surface area (Å²) in [7, 11) is 1.63. The zero-order chi connectivity index (χ0) is 15.2. The van der Waals surface area contributed by atoms with Gasteiger partial charge in [-0.25, -0.2) is 0 Å². The molecule has 1 aromatic carbocycles. The molecule has 114 valence electrons. The molecule has 2 rings (SSSR count). The third kappa shape index (κ3) is 4.56. The number of rotatable bonds is 7. The van der Waals surface area contributed by atoms with E-state index in [2.05, 4.69) is 29.1 Å². The summed E-state index contributed by atoms with van der Waals surface area (Å²) in [6.07, 6.45) is 0.408. The molecule has 1 heterocycles. The van der Waals surface area contributed by atoms with Crippen molar-refractivity contribution < 1.29 is 9.84 Å². The summed E-state index contributed by atoms with van der Waals surface area (Å²) in [6, 6.07) is 8.34. The second kappa shape index (κ2) is 7.59. The van der Waals surface area contributed by atoms with Crippen molar-refractivity contribution in [3.63, 3.8) is 0 Å². The number of thiophene rings is 1. The van der Waals surface area contributed by atoms with E-state index in [0.717, 1.165) is 23.3 Å². The predicted octanol–water partition coefficient (Wildman–Crippen LogP) is 3.32. The van der Waals surface area contributed by atoms with Crippen LogP contribution >= 0.6 is 11.3 Å². The molecule has 0 saturated heterocycles. The molecule has 0 spiro atoms. The lowest BCUT2D eigenvalue weighted by Crippen LogP contribution is -2.32. The van der Waals surface area contributed by atoms with Crippen LogP contribution in [0, 0.1) is 6.92 Å². The minimum absolute atomic E-state index is 0.324. The first kappa shape index (κ1) is 16.0. The Balaban J connectivity index is 1.92. The summed E-state index contributed by atoms with van der Waals surface area (Å²) < 4.78 is 5.33. The monoisotopic (exact) mass is 305 g/mol. The molecule has 3 nitrogen and oxygen atoms in total. The Hall–Kier alpha value is -1.36. The molecule has 0 fully saturated rings. The highest BCUT2D eigenvalue weighted by Gasteiger charge is 2.14. The zero-order valence-corrected chi connectivity index (χ0v) is 13.6. The smallest absolute Gasteiger partial charge is 0.124 e. The Kier molecular flexibility index (Phi) is 5.79. The van der Waals surface area contributed by atoms with Crippen LogP contribution in [0.2, 0.25) is 0 Å². The van der Waals surface area contributed by atoms with Crippen LogP contribution in [0.25, 0.3) is 0 Å². The van der Waals surface area contributed by atoms with Gasteiger partial charge in [0.1, 0.15) is 5.75 Å². The summed E-state index contributed by atoms with van der Waals surface area (Å²) in [5, 5.41) is 18.0. The number of ether oxygens (including phenoxy) is 1. The van der Waals surface area contributed by atoms with Crippen molar-refractivity contribution in [2.24, 2.45) is 0 Å². The molecule has 2 unspecified atom stereocenters. The van der Waals surface area contributed by atoms with Crippen molar-refractivity contribution in [1.82, 2.24) is 5.32 Å². The molecule has 0 amide bonds. The molecular weight excluding hydrogens is 282 g/mol. The lowest BCUT2D eigenvalue weighted by molar-refractivity contribution is 0.166. The van der Waals surface area contributed by atoms with Gasteiger partial charge >= 0.3 is 0 Å². The number of benzene rings is 1. The van der Waals surface area contributed by atoms with E-state index in [1.807, 2.05) is 25.1 Å². The van der Waals surface area contributed by atoms with Gasteiger partial charge in [0, 0.05) is 18.2 Å². The topological polar surface area (TPSA) is 41.5 Å². The Labute approximate surface area is 130 Å². The van der Waals surface area contributed by atoms with Gasteiger partial charge in [-0.15, -0.1) is 0 Å². The first-order valence-corrected chi connectivity index (χ1v) is 8.11. The molecule has 1 aromatic heterocycles. The van der Waals surface area contributed by atoms with Gasteiger partial charge in [0.05, 0.1) is 13.2 Å². The second-order valence-electron chi connectivity index (χ2n) is 5.41. The average molecular weight is 305 g/mol. The number of aliphatic hydroxyl groups excluding tert-OH is 1. The summed E-state index contributed by atoms with van der Waals surface area (Å²) in [4.78, 5) is 0. The van der Waals surface area contributed by atoms with Crippen LogP contribution in [0.1, 0.15) is 29.7 Å². The van der Waals surface area contributed by atoms with Crippen LogP contribution in [0.15, 0.2) is 35.0 Å². The first-order chi connectivity index (χ1) is 10.1. The van der Waals surface area contributed by atoms with E-state index in [4.69, 9.17) is 4.74 Å². The molecule has 2 aromatic rings. The highest BCUT2D eigenvalue weighted by molar-refractivity contribution is 7.07. The van der Waals surface area contributed by atoms with Crippen molar-refractivity contribution >= 4 is 11.3 Å². The maximum Gasteiger partial charge on any atom is 0.124 e. The van der Waals surface area contributed by atoms with Gasteiger partial charge in [-0.1, -0.05) is 11.6 Å². The number of methoxy groups -OCH3 is 1. The van der Waals surface area contributed by atoms with Crippen molar-refractivity contribution in [2.75, 3.05) is 13.7 Å². The molecule has 2 atom stereocenters. The second-order valence-corrected chi connectivity index (χ2v) is 6.19. The Morgan fingerprint density at radius 2 is 2.14 bits per heavy atom. The summed E-state index contributed by atoms with van der Waals surface area (Å²) >= 11 is 1.72. The summed E-state index contributed by atoms with van der Waals surface area (Å²) in [5.41, 5.74) is 3.30. The third-order valence-electron chi connectivity index (χ3n) is 3.53. The number of hydrogen-bond acceptors (Lipinski definition) is 4. The summed E-state index contributed by atoms with van der Waals surface area (Å²) in [6.45, 7) is 4.67. The molecule has 0 radical (unpaired) electrons. The molecule has 4 heteroatoms. The number of aliphatic hydroxyl groups is 1. The van der Waals surface area contributed by atoms with E-state index >= 15 is 0 Å². The Morgan fingerprint density at radius 1 is 1.33 bits per heavy atom. The normalized spacial score (nSPS) is 13.9. The average Bonchev–Trinajstić information content (AvgIpc) is 2.97. The SMILES string of the molecule is COc1ccc(C)cc1C(O)CNC(C)Cc1ccsc1. The fourth-order valence-electron chi connectivity index (χ4n) is 2.37. The third-order valence-corrected chi connectivity index (χ3v) is 4.26. The molecule has 0 aliphatic carbocycles. The zero-order valence-electron chi connectivity index (χ0n) is 12.8. The van der Waals surface area contributed by atoms with Crippen LogP contribution in [0.3, 0.4) is 0 Å². The molecule has 0 aliphatic rings. The van der Waals surface area contributed by atoms with Gasteiger partial charge in [0.15, 0.2) is 0 Å². The van der Waals surface area contributed by atoms with Crippen molar-refractivity contribution in [2.45, 2.75) is 32.4 Å². The molecule has 2 N–H and O–H groups in total. The van der Waals surface area contributed by atoms with E-state index in [0.29, 0.717) is 12.6 Å². The maximum absolute atomic E-state index is 10.4. The maximum atomic E-state index is 10.4. The van der Waals surface area contributed by atoms with Crippen LogP contribution in [-0.4, -0.2) is 24.8 Å². The molecular formula is C17H23NO2S. The first-order valence-electron chi connectivity index (χ1n) is 7.17. The fourth-order valence-corrected chi connectivity index (χ4v) is 3.05. The van der Waals surface area contributed by atoms with E-state index in [1.165, 1.54) is 5.56 Å². The Bertz CT molecular complexity index is 554. The van der Waals surface area contributed by atoms with Crippen LogP contribution < -0.4 is 10.1 Å². The van der Waals surface area contributed by atoms with Gasteiger partial charge in [-0.2, -0.15) is 11.3 Å². The minimum atomic E-state index is -0.565. The molecule has 0 saturated carbocycles. The highest BCUT2D eigenvalue weighted by Crippen LogP contribution is 2.26. The minimum Gasteiger partial charge on any atom is -0.496 e. The van der Waals surface area contributed by atoms with Gasteiger partial charge in [-0.05, 0) is 54.8 Å². The predicted molar refractivity (Wildman–Crippen MR) is 88.2 cm³/mol. The number of nitrogens with one attached hydrogen (secondary N) is 1. The number of hydrogen-bond donors (Lipinski definition) is 2. The molecule has 21 heavy (non-hydrogen) atoms. The van der Waals surface area contributed by atoms with Gasteiger partial charge in [-0.3, -0.25) is 0 Å². The quantitative estimate of drug-likeness (QED) is 0.824. The van der Waals surface area contributed by atoms with Crippen LogP contribution in [0.4, 0.5) is 0 Å². The standard InChI is InChI=1S/C17H23NO2S/c1-12-4-5-17(20-3)15(8-12)16(19)10-18-13(2)9-14-6-7-21-11-14/h4-8,11,13,16,18-19H,9-10H2,1-3H3. The van der Waals surface area contributed by atoms with Crippen LogP contribution in [-0.2, 0) is 6.42 Å². The van der Waals surface area contributed by atoms with Gasteiger partial charge < -0.3 is 15.2 Å². The van der Waals surface area contributed by atoms with E-state index in [9.17, 15) is 5.11 Å². The van der Waals surface area contributed by atoms with Crippen molar-refractivity contribution in [3.05, 3.63) is 51.7 Å². The van der Waals surface area contributed by atoms with Gasteiger partial charge in [0.25, 0.3) is 0 Å². The lowest BCUT2D eigenvalue weighted by atomic mass is 10.0. The fraction of sp³-hybridized carbons (Fsp3) is 0.412. The highest BCUT2D eigenvalue weighted by atomic mass is 32.1. The lowest BCUT2D eigenvalue weighted by Gasteiger charge is -2.19. The Morgan fingerprint density at radius 3 is 2.81 bits per heavy atom. The number of aryl methyl sites for hydroxylation is 1. The van der Waals surface area contributed by atoms with Crippen molar-refractivity contribution in [3.8, 4) is 5.75 Å². The van der Waals surface area contributed by atoms with E-state index in [1.54, 1.807) is 18.4 Å². The van der Waals surface area contributed by atoms with E-state index < -0.39 is 6.10 Å².